The minimum atomic E-state index is -0.276. The molecule has 0 bridgehead atoms. The Kier molecular flexibility index (Phi) is 4.34. The summed E-state index contributed by atoms with van der Waals surface area (Å²) in [6, 6.07) is 3.31. The van der Waals surface area contributed by atoms with Crippen LogP contribution in [0.25, 0.3) is 10.8 Å². The fourth-order valence-corrected chi connectivity index (χ4v) is 2.32. The van der Waals surface area contributed by atoms with E-state index in [1.54, 1.807) is 23.8 Å². The van der Waals surface area contributed by atoms with Crippen LogP contribution in [0.4, 0.5) is 0 Å². The van der Waals surface area contributed by atoms with Crippen LogP contribution in [0.1, 0.15) is 24.3 Å². The molecule has 2 N–H and O–H groups in total. The average molecular weight is 280 g/mol. The third-order valence-corrected chi connectivity index (χ3v) is 3.64. The highest BCUT2D eigenvalue weighted by Crippen LogP contribution is 2.23. The van der Waals surface area contributed by atoms with Crippen molar-refractivity contribution in [3.63, 3.8) is 0 Å². The molecule has 2 aromatic heterocycles. The Morgan fingerprint density at radius 3 is 2.95 bits per heavy atom. The number of aliphatic hydroxyl groups is 1. The predicted octanol–water partition coefficient (Wildman–Crippen LogP) is 2.15. The van der Waals surface area contributed by atoms with E-state index >= 15 is 0 Å². The summed E-state index contributed by atoms with van der Waals surface area (Å²) in [7, 11) is 0. The third kappa shape index (κ3) is 3.21. The van der Waals surface area contributed by atoms with Crippen LogP contribution in [0.5, 0.6) is 0 Å². The van der Waals surface area contributed by atoms with Gasteiger partial charge in [0.05, 0.1) is 18.9 Å². The van der Waals surface area contributed by atoms with Gasteiger partial charge in [-0.1, -0.05) is 13.8 Å². The molecule has 6 heteroatoms. The Morgan fingerprint density at radius 1 is 1.58 bits per heavy atom. The van der Waals surface area contributed by atoms with Gasteiger partial charge in [-0.15, -0.1) is 11.3 Å². The van der Waals surface area contributed by atoms with Crippen molar-refractivity contribution in [1.29, 1.82) is 0 Å². The lowest BCUT2D eigenvalue weighted by molar-refractivity contribution is 0.0892. The van der Waals surface area contributed by atoms with Crippen LogP contribution in [-0.2, 0) is 0 Å². The van der Waals surface area contributed by atoms with E-state index in [0.29, 0.717) is 16.5 Å². The first-order valence-electron chi connectivity index (χ1n) is 6.03. The smallest absolute Gasteiger partial charge is 0.271 e. The molecule has 0 aliphatic carbocycles. The fraction of sp³-hybridized carbons (Fsp3) is 0.385. The van der Waals surface area contributed by atoms with Gasteiger partial charge in [0.2, 0.25) is 0 Å². The molecule has 2 rings (SSSR count). The summed E-state index contributed by atoms with van der Waals surface area (Å²) in [5, 5.41) is 14.3. The van der Waals surface area contributed by atoms with E-state index in [-0.39, 0.29) is 24.5 Å². The van der Waals surface area contributed by atoms with Crippen LogP contribution >= 0.6 is 11.3 Å². The molecule has 0 unspecified atom stereocenters. The van der Waals surface area contributed by atoms with Crippen molar-refractivity contribution in [1.82, 2.24) is 10.3 Å². The summed E-state index contributed by atoms with van der Waals surface area (Å²) in [5.41, 5.74) is 0.343. The lowest BCUT2D eigenvalue weighted by Gasteiger charge is -2.19. The molecule has 0 spiro atoms. The summed E-state index contributed by atoms with van der Waals surface area (Å²) >= 11 is 1.35. The van der Waals surface area contributed by atoms with E-state index in [9.17, 15) is 9.90 Å². The highest BCUT2D eigenvalue weighted by atomic mass is 32.1. The number of amides is 1. The standard InChI is InChI=1S/C13H16N2O3S/c1-8(2)9(6-16)14-12(17)10-7-19-13(15-10)11-4-3-5-18-11/h3-5,7-9,16H,6H2,1-2H3,(H,14,17)/t9-/m1/s1. The van der Waals surface area contributed by atoms with Gasteiger partial charge in [0.1, 0.15) is 5.69 Å². The number of aliphatic hydroxyl groups excluding tert-OH is 1. The van der Waals surface area contributed by atoms with Gasteiger partial charge in [-0.05, 0) is 18.1 Å². The lowest BCUT2D eigenvalue weighted by Crippen LogP contribution is -2.41. The normalized spacial score (nSPS) is 12.6. The first-order chi connectivity index (χ1) is 9.11. The van der Waals surface area contributed by atoms with Crippen molar-refractivity contribution >= 4 is 17.2 Å². The molecular weight excluding hydrogens is 264 g/mol. The van der Waals surface area contributed by atoms with Gasteiger partial charge in [-0.2, -0.15) is 0 Å². The van der Waals surface area contributed by atoms with Crippen molar-refractivity contribution in [2.45, 2.75) is 19.9 Å². The summed E-state index contributed by atoms with van der Waals surface area (Å²) < 4.78 is 5.23. The number of nitrogens with one attached hydrogen (secondary N) is 1. The van der Waals surface area contributed by atoms with Crippen LogP contribution in [-0.4, -0.2) is 28.6 Å². The van der Waals surface area contributed by atoms with Crippen LogP contribution in [0.2, 0.25) is 0 Å². The summed E-state index contributed by atoms with van der Waals surface area (Å²) in [6.07, 6.45) is 1.57. The van der Waals surface area contributed by atoms with E-state index in [0.717, 1.165) is 0 Å². The van der Waals surface area contributed by atoms with E-state index in [2.05, 4.69) is 10.3 Å². The van der Waals surface area contributed by atoms with Crippen molar-refractivity contribution in [2.24, 2.45) is 5.92 Å². The van der Waals surface area contributed by atoms with Gasteiger partial charge in [0.25, 0.3) is 5.91 Å². The molecule has 1 amide bonds. The van der Waals surface area contributed by atoms with Crippen molar-refractivity contribution in [3.05, 3.63) is 29.5 Å². The Balaban J connectivity index is 2.08. The molecule has 0 aliphatic rings. The first-order valence-corrected chi connectivity index (χ1v) is 6.91. The molecule has 5 nitrogen and oxygen atoms in total. The van der Waals surface area contributed by atoms with E-state index in [4.69, 9.17) is 4.42 Å². The fourth-order valence-electron chi connectivity index (χ4n) is 1.56. The van der Waals surface area contributed by atoms with Gasteiger partial charge in [0, 0.05) is 5.38 Å². The Hall–Kier alpha value is -1.66. The molecule has 0 radical (unpaired) electrons. The number of thiazole rings is 1. The molecule has 0 saturated heterocycles. The zero-order valence-electron chi connectivity index (χ0n) is 10.8. The van der Waals surface area contributed by atoms with Gasteiger partial charge >= 0.3 is 0 Å². The maximum atomic E-state index is 12.0. The molecule has 102 valence electrons. The SMILES string of the molecule is CC(C)[C@@H](CO)NC(=O)c1csc(-c2ccco2)n1. The molecule has 2 heterocycles. The minimum Gasteiger partial charge on any atom is -0.462 e. The maximum absolute atomic E-state index is 12.0. The van der Waals surface area contributed by atoms with Crippen LogP contribution in [0.3, 0.4) is 0 Å². The number of aromatic nitrogens is 1. The molecule has 1 atom stereocenters. The molecule has 0 aliphatic heterocycles. The van der Waals surface area contributed by atoms with Gasteiger partial charge in [0.15, 0.2) is 10.8 Å². The van der Waals surface area contributed by atoms with Crippen molar-refractivity contribution < 1.29 is 14.3 Å². The summed E-state index contributed by atoms with van der Waals surface area (Å²) in [6.45, 7) is 3.80. The quantitative estimate of drug-likeness (QED) is 0.880. The van der Waals surface area contributed by atoms with E-state index in [1.165, 1.54) is 11.3 Å². The molecule has 19 heavy (non-hydrogen) atoms. The Bertz CT molecular complexity index is 534. The highest BCUT2D eigenvalue weighted by molar-refractivity contribution is 7.13. The molecular formula is C13H16N2O3S. The van der Waals surface area contributed by atoms with Crippen LogP contribution < -0.4 is 5.32 Å². The number of furan rings is 1. The van der Waals surface area contributed by atoms with E-state index < -0.39 is 0 Å². The van der Waals surface area contributed by atoms with Gasteiger partial charge < -0.3 is 14.8 Å². The second-order valence-corrected chi connectivity index (χ2v) is 5.38. The van der Waals surface area contributed by atoms with Crippen molar-refractivity contribution in [2.75, 3.05) is 6.61 Å². The number of carbonyl (C=O) groups is 1. The zero-order valence-corrected chi connectivity index (χ0v) is 11.6. The van der Waals surface area contributed by atoms with Crippen LogP contribution in [0, 0.1) is 5.92 Å². The maximum Gasteiger partial charge on any atom is 0.271 e. The van der Waals surface area contributed by atoms with Gasteiger partial charge in [-0.3, -0.25) is 4.79 Å². The number of carbonyl (C=O) groups excluding carboxylic acids is 1. The number of rotatable bonds is 5. The number of hydrogen-bond donors (Lipinski definition) is 2. The highest BCUT2D eigenvalue weighted by Gasteiger charge is 2.18. The second-order valence-electron chi connectivity index (χ2n) is 4.52. The van der Waals surface area contributed by atoms with E-state index in [1.807, 2.05) is 13.8 Å². The number of hydrogen-bond acceptors (Lipinski definition) is 5. The minimum absolute atomic E-state index is 0.0847. The molecule has 2 aromatic rings. The molecule has 0 aromatic carbocycles. The largest absolute Gasteiger partial charge is 0.462 e. The summed E-state index contributed by atoms with van der Waals surface area (Å²) in [4.78, 5) is 16.2. The summed E-state index contributed by atoms with van der Waals surface area (Å²) in [5.74, 6) is 0.533. The molecule has 0 saturated carbocycles. The zero-order chi connectivity index (χ0) is 13.8. The monoisotopic (exact) mass is 280 g/mol. The average Bonchev–Trinajstić information content (AvgIpc) is 3.04. The number of nitrogens with zero attached hydrogens (tertiary/aromatic N) is 1. The second kappa shape index (κ2) is 5.99. The van der Waals surface area contributed by atoms with Crippen LogP contribution in [0.15, 0.2) is 28.2 Å². The lowest BCUT2D eigenvalue weighted by atomic mass is 10.1. The van der Waals surface area contributed by atoms with Crippen molar-refractivity contribution in [3.8, 4) is 10.8 Å². The topological polar surface area (TPSA) is 75.4 Å². The van der Waals surface area contributed by atoms with Gasteiger partial charge in [-0.25, -0.2) is 4.98 Å². The molecule has 0 fully saturated rings. The third-order valence-electron chi connectivity index (χ3n) is 2.79. The Morgan fingerprint density at radius 2 is 2.37 bits per heavy atom. The Labute approximate surface area is 115 Å². The predicted molar refractivity (Wildman–Crippen MR) is 73.0 cm³/mol. The first kappa shape index (κ1) is 13.8.